The van der Waals surface area contributed by atoms with Gasteiger partial charge in [0.05, 0.1) is 25.2 Å². The number of ether oxygens (including phenoxy) is 1. The summed E-state index contributed by atoms with van der Waals surface area (Å²) < 4.78 is 5.43. The van der Waals surface area contributed by atoms with Crippen LogP contribution in [0.1, 0.15) is 26.2 Å². The van der Waals surface area contributed by atoms with E-state index in [-0.39, 0.29) is 18.3 Å². The third-order valence-corrected chi connectivity index (χ3v) is 3.63. The standard InChI is InChI=1S/C12H22N2O2.ClH/c1-2-11-9-16-7-6-14(11)12(15)10-4-3-5-13-8-10;/h10-11,13H,2-9H2,1H3;1H. The normalized spacial score (nSPS) is 29.6. The van der Waals surface area contributed by atoms with Crippen LogP contribution in [0.3, 0.4) is 0 Å². The number of amides is 1. The van der Waals surface area contributed by atoms with E-state index in [0.29, 0.717) is 25.2 Å². The van der Waals surface area contributed by atoms with Crippen molar-refractivity contribution < 1.29 is 9.53 Å². The van der Waals surface area contributed by atoms with Crippen LogP contribution in [0.15, 0.2) is 0 Å². The Morgan fingerprint density at radius 3 is 3.00 bits per heavy atom. The predicted octanol–water partition coefficient (Wildman–Crippen LogP) is 1.05. The van der Waals surface area contributed by atoms with Crippen LogP contribution < -0.4 is 5.32 Å². The van der Waals surface area contributed by atoms with Gasteiger partial charge in [-0.2, -0.15) is 0 Å². The molecule has 2 unspecified atom stereocenters. The lowest BCUT2D eigenvalue weighted by Crippen LogP contribution is -2.52. The van der Waals surface area contributed by atoms with Gasteiger partial charge >= 0.3 is 0 Å². The second-order valence-corrected chi connectivity index (χ2v) is 4.71. The number of rotatable bonds is 2. The number of morpholine rings is 1. The number of carbonyl (C=O) groups excluding carboxylic acids is 1. The van der Waals surface area contributed by atoms with Gasteiger partial charge in [0.1, 0.15) is 0 Å². The van der Waals surface area contributed by atoms with Gasteiger partial charge in [-0.25, -0.2) is 0 Å². The topological polar surface area (TPSA) is 41.6 Å². The van der Waals surface area contributed by atoms with E-state index in [1.165, 1.54) is 0 Å². The first-order valence-electron chi connectivity index (χ1n) is 6.42. The quantitative estimate of drug-likeness (QED) is 0.809. The first-order chi connectivity index (χ1) is 7.83. The van der Waals surface area contributed by atoms with Crippen molar-refractivity contribution in [1.29, 1.82) is 0 Å². The van der Waals surface area contributed by atoms with E-state index < -0.39 is 0 Å². The monoisotopic (exact) mass is 262 g/mol. The number of nitrogens with one attached hydrogen (secondary N) is 1. The van der Waals surface area contributed by atoms with Crippen molar-refractivity contribution in [1.82, 2.24) is 10.2 Å². The molecule has 1 amide bonds. The third-order valence-electron chi connectivity index (χ3n) is 3.63. The molecule has 0 aliphatic carbocycles. The van der Waals surface area contributed by atoms with Gasteiger partial charge in [-0.15, -0.1) is 12.4 Å². The molecule has 2 fully saturated rings. The van der Waals surface area contributed by atoms with E-state index >= 15 is 0 Å². The Bertz CT molecular complexity index is 245. The molecular formula is C12H23ClN2O2. The maximum Gasteiger partial charge on any atom is 0.227 e. The van der Waals surface area contributed by atoms with Crippen molar-refractivity contribution in [2.75, 3.05) is 32.8 Å². The molecule has 0 bridgehead atoms. The van der Waals surface area contributed by atoms with Gasteiger partial charge in [0.15, 0.2) is 0 Å². The molecule has 2 atom stereocenters. The second-order valence-electron chi connectivity index (χ2n) is 4.71. The van der Waals surface area contributed by atoms with Gasteiger partial charge in [0, 0.05) is 13.1 Å². The predicted molar refractivity (Wildman–Crippen MR) is 69.5 cm³/mol. The van der Waals surface area contributed by atoms with Gasteiger partial charge in [-0.3, -0.25) is 4.79 Å². The highest BCUT2D eigenvalue weighted by molar-refractivity contribution is 5.85. The molecule has 100 valence electrons. The van der Waals surface area contributed by atoms with Crippen LogP contribution in [-0.4, -0.2) is 49.7 Å². The summed E-state index contributed by atoms with van der Waals surface area (Å²) in [7, 11) is 0. The number of nitrogens with zero attached hydrogens (tertiary/aromatic N) is 1. The molecular weight excluding hydrogens is 240 g/mol. The summed E-state index contributed by atoms with van der Waals surface area (Å²) in [5.41, 5.74) is 0. The van der Waals surface area contributed by atoms with Crippen LogP contribution >= 0.6 is 12.4 Å². The summed E-state index contributed by atoms with van der Waals surface area (Å²) in [6.45, 7) is 6.22. The minimum absolute atomic E-state index is 0. The fourth-order valence-electron chi connectivity index (χ4n) is 2.58. The number of halogens is 1. The van der Waals surface area contributed by atoms with Gasteiger partial charge in [0.25, 0.3) is 0 Å². The summed E-state index contributed by atoms with van der Waals surface area (Å²) in [5, 5.41) is 3.31. The zero-order valence-electron chi connectivity index (χ0n) is 10.5. The molecule has 2 aliphatic rings. The second kappa shape index (κ2) is 7.19. The average Bonchev–Trinajstić information content (AvgIpc) is 2.39. The smallest absolute Gasteiger partial charge is 0.227 e. The fourth-order valence-corrected chi connectivity index (χ4v) is 2.58. The molecule has 2 rings (SSSR count). The molecule has 0 spiro atoms. The maximum absolute atomic E-state index is 12.4. The molecule has 17 heavy (non-hydrogen) atoms. The molecule has 2 saturated heterocycles. The van der Waals surface area contributed by atoms with Crippen LogP contribution in [-0.2, 0) is 9.53 Å². The summed E-state index contributed by atoms with van der Waals surface area (Å²) in [6.07, 6.45) is 3.16. The molecule has 0 saturated carbocycles. The SMILES string of the molecule is CCC1COCCN1C(=O)C1CCCNC1.Cl. The summed E-state index contributed by atoms with van der Waals surface area (Å²) in [5.74, 6) is 0.531. The zero-order valence-corrected chi connectivity index (χ0v) is 11.3. The lowest BCUT2D eigenvalue weighted by molar-refractivity contribution is -0.145. The van der Waals surface area contributed by atoms with Crippen LogP contribution in [0.4, 0.5) is 0 Å². The van der Waals surface area contributed by atoms with Crippen molar-refractivity contribution in [2.24, 2.45) is 5.92 Å². The molecule has 5 heteroatoms. The first-order valence-corrected chi connectivity index (χ1v) is 6.42. The van der Waals surface area contributed by atoms with Crippen LogP contribution in [0.25, 0.3) is 0 Å². The summed E-state index contributed by atoms with van der Waals surface area (Å²) in [4.78, 5) is 14.4. The largest absolute Gasteiger partial charge is 0.377 e. The minimum atomic E-state index is 0. The van der Waals surface area contributed by atoms with E-state index in [2.05, 4.69) is 12.2 Å². The molecule has 4 nitrogen and oxygen atoms in total. The maximum atomic E-state index is 12.4. The molecule has 2 heterocycles. The van der Waals surface area contributed by atoms with Crippen LogP contribution in [0.5, 0.6) is 0 Å². The Kier molecular flexibility index (Phi) is 6.23. The number of piperidine rings is 1. The highest BCUT2D eigenvalue weighted by Crippen LogP contribution is 2.18. The third kappa shape index (κ3) is 3.57. The van der Waals surface area contributed by atoms with E-state index in [9.17, 15) is 4.79 Å². The first kappa shape index (κ1) is 14.7. The number of hydrogen-bond acceptors (Lipinski definition) is 3. The highest BCUT2D eigenvalue weighted by Gasteiger charge is 2.31. The Balaban J connectivity index is 0.00000144. The van der Waals surface area contributed by atoms with Gasteiger partial charge < -0.3 is 15.0 Å². The summed E-state index contributed by atoms with van der Waals surface area (Å²) in [6, 6.07) is 0.295. The molecule has 0 aromatic rings. The minimum Gasteiger partial charge on any atom is -0.377 e. The van der Waals surface area contributed by atoms with E-state index in [1.54, 1.807) is 0 Å². The van der Waals surface area contributed by atoms with Crippen molar-refractivity contribution in [3.05, 3.63) is 0 Å². The van der Waals surface area contributed by atoms with Crippen molar-refractivity contribution in [2.45, 2.75) is 32.2 Å². The fraction of sp³-hybridized carbons (Fsp3) is 0.917. The van der Waals surface area contributed by atoms with E-state index in [4.69, 9.17) is 4.74 Å². The van der Waals surface area contributed by atoms with Crippen molar-refractivity contribution in [3.8, 4) is 0 Å². The molecule has 0 radical (unpaired) electrons. The van der Waals surface area contributed by atoms with Gasteiger partial charge in [-0.05, 0) is 25.8 Å². The van der Waals surface area contributed by atoms with E-state index in [0.717, 1.165) is 38.9 Å². The Morgan fingerprint density at radius 2 is 2.35 bits per heavy atom. The molecule has 2 aliphatic heterocycles. The van der Waals surface area contributed by atoms with Crippen LogP contribution in [0.2, 0.25) is 0 Å². The lowest BCUT2D eigenvalue weighted by atomic mass is 9.97. The zero-order chi connectivity index (χ0) is 11.4. The Labute approximate surface area is 109 Å². The van der Waals surface area contributed by atoms with Crippen molar-refractivity contribution in [3.63, 3.8) is 0 Å². The van der Waals surface area contributed by atoms with Gasteiger partial charge in [-0.1, -0.05) is 6.92 Å². The molecule has 0 aromatic carbocycles. The number of hydrogen-bond donors (Lipinski definition) is 1. The average molecular weight is 263 g/mol. The lowest BCUT2D eigenvalue weighted by Gasteiger charge is -2.38. The molecule has 1 N–H and O–H groups in total. The van der Waals surface area contributed by atoms with E-state index in [1.807, 2.05) is 4.90 Å². The number of carbonyl (C=O) groups is 1. The highest BCUT2D eigenvalue weighted by atomic mass is 35.5. The van der Waals surface area contributed by atoms with Crippen LogP contribution in [0, 0.1) is 5.92 Å². The Hall–Kier alpha value is -0.320. The Morgan fingerprint density at radius 1 is 1.53 bits per heavy atom. The van der Waals surface area contributed by atoms with Gasteiger partial charge in [0.2, 0.25) is 5.91 Å². The molecule has 0 aromatic heterocycles. The summed E-state index contributed by atoms with van der Waals surface area (Å²) >= 11 is 0. The van der Waals surface area contributed by atoms with Crippen molar-refractivity contribution >= 4 is 18.3 Å².